The lowest BCUT2D eigenvalue weighted by Crippen LogP contribution is -2.37. The smallest absolute Gasteiger partial charge is 0.332 e. The van der Waals surface area contributed by atoms with Gasteiger partial charge in [0.1, 0.15) is 12.3 Å². The molecule has 10 nitrogen and oxygen atoms in total. The van der Waals surface area contributed by atoms with Gasteiger partial charge in [-0.05, 0) is 35.9 Å². The number of nitrogens with zero attached hydrogens (tertiary/aromatic N) is 6. The van der Waals surface area contributed by atoms with Crippen LogP contribution in [0.3, 0.4) is 0 Å². The van der Waals surface area contributed by atoms with Crippen LogP contribution in [0.2, 0.25) is 5.28 Å². The van der Waals surface area contributed by atoms with Gasteiger partial charge in [-0.25, -0.2) is 4.79 Å². The van der Waals surface area contributed by atoms with E-state index < -0.39 is 11.2 Å². The van der Waals surface area contributed by atoms with E-state index in [-0.39, 0.29) is 28.9 Å². The third kappa shape index (κ3) is 2.78. The van der Waals surface area contributed by atoms with Gasteiger partial charge < -0.3 is 9.15 Å². The molecule has 11 heteroatoms. The highest BCUT2D eigenvalue weighted by molar-refractivity contribution is 6.29. The maximum absolute atomic E-state index is 12.6. The van der Waals surface area contributed by atoms with E-state index in [0.29, 0.717) is 11.6 Å². The van der Waals surface area contributed by atoms with Crippen LogP contribution in [0.25, 0.3) is 22.6 Å². The number of imidazole rings is 1. The molecular weight excluding hydrogens is 388 g/mol. The van der Waals surface area contributed by atoms with Gasteiger partial charge in [0.05, 0.1) is 7.11 Å². The Morgan fingerprint density at radius 1 is 1.11 bits per heavy atom. The molecular formula is C17H15ClN6O4. The molecule has 0 atom stereocenters. The third-order valence-electron chi connectivity index (χ3n) is 4.40. The van der Waals surface area contributed by atoms with Crippen molar-refractivity contribution < 1.29 is 9.15 Å². The molecule has 0 saturated heterocycles. The number of fused-ring (bicyclic) bond motifs is 1. The summed E-state index contributed by atoms with van der Waals surface area (Å²) in [4.78, 5) is 28.8. The van der Waals surface area contributed by atoms with E-state index in [1.54, 1.807) is 31.4 Å². The van der Waals surface area contributed by atoms with Crippen LogP contribution >= 0.6 is 11.6 Å². The number of ether oxygens (including phenoxy) is 1. The average molecular weight is 403 g/mol. The molecule has 0 amide bonds. The Bertz CT molecular complexity index is 1300. The van der Waals surface area contributed by atoms with E-state index in [1.807, 2.05) is 0 Å². The molecule has 0 radical (unpaired) electrons. The SMILES string of the molecule is COc1ccc(-c2nnc(Cn3c(Cl)nc4c3c(=O)n(C)c(=O)n4C)o2)cc1. The Kier molecular flexibility index (Phi) is 4.27. The van der Waals surface area contributed by atoms with Crippen LogP contribution < -0.4 is 16.0 Å². The van der Waals surface area contributed by atoms with Crippen molar-refractivity contribution in [2.24, 2.45) is 14.1 Å². The summed E-state index contributed by atoms with van der Waals surface area (Å²) in [5.74, 6) is 1.27. The van der Waals surface area contributed by atoms with E-state index in [2.05, 4.69) is 15.2 Å². The standard InChI is InChI=1S/C17H15ClN6O4/c1-22-13-12(15(25)23(2)17(22)26)24(16(18)19-13)8-11-20-21-14(28-11)9-4-6-10(27-3)7-5-9/h4-7H,8H2,1-3H3. The Morgan fingerprint density at radius 2 is 1.82 bits per heavy atom. The molecule has 0 spiro atoms. The average Bonchev–Trinajstić information content (AvgIpc) is 3.30. The van der Waals surface area contributed by atoms with Crippen LogP contribution in [0.4, 0.5) is 0 Å². The molecule has 0 fully saturated rings. The fourth-order valence-electron chi connectivity index (χ4n) is 2.87. The van der Waals surface area contributed by atoms with Crippen molar-refractivity contribution in [2.75, 3.05) is 7.11 Å². The summed E-state index contributed by atoms with van der Waals surface area (Å²) >= 11 is 6.21. The zero-order valence-electron chi connectivity index (χ0n) is 15.2. The molecule has 3 aromatic heterocycles. The first-order valence-corrected chi connectivity index (χ1v) is 8.57. The molecule has 1 aromatic carbocycles. The molecule has 0 aliphatic carbocycles. The third-order valence-corrected chi connectivity index (χ3v) is 4.69. The molecule has 4 aromatic rings. The minimum absolute atomic E-state index is 0.0337. The predicted octanol–water partition coefficient (Wildman–Crippen LogP) is 1.19. The Morgan fingerprint density at radius 3 is 2.50 bits per heavy atom. The number of hydrogen-bond acceptors (Lipinski definition) is 7. The van der Waals surface area contributed by atoms with Gasteiger partial charge in [0.2, 0.25) is 17.1 Å². The van der Waals surface area contributed by atoms with Crippen molar-refractivity contribution >= 4 is 22.8 Å². The molecule has 0 N–H and O–H groups in total. The second-order valence-electron chi connectivity index (χ2n) is 6.07. The number of aryl methyl sites for hydroxylation is 1. The van der Waals surface area contributed by atoms with Gasteiger partial charge in [-0.15, -0.1) is 10.2 Å². The lowest BCUT2D eigenvalue weighted by Gasteiger charge is -2.05. The number of aromatic nitrogens is 6. The van der Waals surface area contributed by atoms with Gasteiger partial charge in [-0.3, -0.25) is 18.5 Å². The zero-order valence-corrected chi connectivity index (χ0v) is 16.0. The largest absolute Gasteiger partial charge is 0.497 e. The summed E-state index contributed by atoms with van der Waals surface area (Å²) in [7, 11) is 4.50. The first kappa shape index (κ1) is 18.0. The Hall–Kier alpha value is -3.40. The normalized spacial score (nSPS) is 11.3. The minimum atomic E-state index is -0.507. The Labute approximate surface area is 162 Å². The summed E-state index contributed by atoms with van der Waals surface area (Å²) in [5, 5.41) is 8.09. The lowest BCUT2D eigenvalue weighted by molar-refractivity contribution is 0.415. The van der Waals surface area contributed by atoms with Crippen LogP contribution in [0.5, 0.6) is 5.75 Å². The molecule has 3 heterocycles. The van der Waals surface area contributed by atoms with Crippen LogP contribution in [0.1, 0.15) is 5.89 Å². The second-order valence-corrected chi connectivity index (χ2v) is 6.41. The van der Waals surface area contributed by atoms with E-state index >= 15 is 0 Å². The van der Waals surface area contributed by atoms with Crippen molar-refractivity contribution in [3.05, 3.63) is 56.3 Å². The first-order chi connectivity index (χ1) is 13.4. The first-order valence-electron chi connectivity index (χ1n) is 8.19. The van der Waals surface area contributed by atoms with Crippen molar-refractivity contribution in [1.82, 2.24) is 28.9 Å². The summed E-state index contributed by atoms with van der Waals surface area (Å²) < 4.78 is 14.5. The number of hydrogen-bond donors (Lipinski definition) is 0. The molecule has 0 aliphatic heterocycles. The fourth-order valence-corrected chi connectivity index (χ4v) is 3.09. The maximum atomic E-state index is 12.6. The highest BCUT2D eigenvalue weighted by Gasteiger charge is 2.20. The second kappa shape index (κ2) is 6.64. The molecule has 28 heavy (non-hydrogen) atoms. The van der Waals surface area contributed by atoms with E-state index in [0.717, 1.165) is 10.1 Å². The fraction of sp³-hybridized carbons (Fsp3) is 0.235. The van der Waals surface area contributed by atoms with Gasteiger partial charge in [-0.2, -0.15) is 4.98 Å². The van der Waals surface area contributed by atoms with E-state index in [1.165, 1.54) is 23.2 Å². The molecule has 144 valence electrons. The number of benzene rings is 1. The summed E-state index contributed by atoms with van der Waals surface area (Å²) in [5.41, 5.74) is 0.0945. The summed E-state index contributed by atoms with van der Waals surface area (Å²) in [6.45, 7) is 0.0337. The van der Waals surface area contributed by atoms with Crippen molar-refractivity contribution in [2.45, 2.75) is 6.54 Å². The van der Waals surface area contributed by atoms with E-state index in [9.17, 15) is 9.59 Å². The van der Waals surface area contributed by atoms with Gasteiger partial charge >= 0.3 is 5.69 Å². The van der Waals surface area contributed by atoms with Gasteiger partial charge in [-0.1, -0.05) is 0 Å². The van der Waals surface area contributed by atoms with Crippen LogP contribution in [-0.2, 0) is 20.6 Å². The summed E-state index contributed by atoms with van der Waals surface area (Å²) in [6, 6.07) is 7.15. The maximum Gasteiger partial charge on any atom is 0.332 e. The quantitative estimate of drug-likeness (QED) is 0.471. The number of rotatable bonds is 4. The molecule has 0 saturated carbocycles. The molecule has 0 aliphatic rings. The lowest BCUT2D eigenvalue weighted by atomic mass is 10.2. The zero-order chi connectivity index (χ0) is 20.0. The molecule has 0 bridgehead atoms. The highest BCUT2D eigenvalue weighted by atomic mass is 35.5. The summed E-state index contributed by atoms with van der Waals surface area (Å²) in [6.07, 6.45) is 0. The minimum Gasteiger partial charge on any atom is -0.497 e. The topological polar surface area (TPSA) is 110 Å². The van der Waals surface area contributed by atoms with Crippen molar-refractivity contribution in [3.63, 3.8) is 0 Å². The molecule has 0 unspecified atom stereocenters. The van der Waals surface area contributed by atoms with Gasteiger partial charge in [0.25, 0.3) is 5.56 Å². The van der Waals surface area contributed by atoms with Crippen LogP contribution in [-0.4, -0.2) is 36.0 Å². The van der Waals surface area contributed by atoms with Crippen molar-refractivity contribution in [3.8, 4) is 17.2 Å². The monoisotopic (exact) mass is 402 g/mol. The highest BCUT2D eigenvalue weighted by Crippen LogP contribution is 2.23. The Balaban J connectivity index is 1.75. The molecule has 4 rings (SSSR count). The predicted molar refractivity (Wildman–Crippen MR) is 101 cm³/mol. The van der Waals surface area contributed by atoms with Crippen LogP contribution in [0, 0.1) is 0 Å². The van der Waals surface area contributed by atoms with E-state index in [4.69, 9.17) is 20.8 Å². The number of halogens is 1. The number of methoxy groups -OCH3 is 1. The van der Waals surface area contributed by atoms with Gasteiger partial charge in [0.15, 0.2) is 11.2 Å². The van der Waals surface area contributed by atoms with Crippen molar-refractivity contribution in [1.29, 1.82) is 0 Å². The van der Waals surface area contributed by atoms with Gasteiger partial charge in [0, 0.05) is 19.7 Å². The van der Waals surface area contributed by atoms with Crippen LogP contribution in [0.15, 0.2) is 38.3 Å².